The molecule has 9 heteroatoms. The van der Waals surface area contributed by atoms with Gasteiger partial charge in [-0.1, -0.05) is 61.2 Å². The summed E-state index contributed by atoms with van der Waals surface area (Å²) in [6, 6.07) is 7.77. The van der Waals surface area contributed by atoms with Gasteiger partial charge in [0, 0.05) is 5.41 Å². The topological polar surface area (TPSA) is 86.0 Å². The molecule has 0 saturated heterocycles. The third-order valence-electron chi connectivity index (χ3n) is 3.57. The van der Waals surface area contributed by atoms with Crippen molar-refractivity contribution in [1.82, 2.24) is 20.3 Å². The van der Waals surface area contributed by atoms with E-state index >= 15 is 0 Å². The van der Waals surface area contributed by atoms with E-state index in [1.165, 1.54) is 11.3 Å². The molecule has 0 aliphatic carbocycles. The van der Waals surface area contributed by atoms with E-state index in [0.717, 1.165) is 15.8 Å². The van der Waals surface area contributed by atoms with E-state index in [1.54, 1.807) is 11.8 Å². The Morgan fingerprint density at radius 2 is 2.04 bits per heavy atom. The molecule has 1 aromatic carbocycles. The molecular formula is C18H23N5O2S2. The van der Waals surface area contributed by atoms with Gasteiger partial charge in [0.05, 0.1) is 17.5 Å². The van der Waals surface area contributed by atoms with Crippen LogP contribution in [0.15, 0.2) is 33.1 Å². The molecule has 3 rings (SSSR count). The van der Waals surface area contributed by atoms with Gasteiger partial charge < -0.3 is 14.6 Å². The Labute approximate surface area is 166 Å². The quantitative estimate of drug-likeness (QED) is 0.536. The van der Waals surface area contributed by atoms with Crippen LogP contribution in [0.3, 0.4) is 0 Å². The molecule has 2 heterocycles. The molecular weight excluding hydrogens is 382 g/mol. The van der Waals surface area contributed by atoms with Gasteiger partial charge in [0.25, 0.3) is 0 Å². The number of nitrogens with one attached hydrogen (secondary N) is 1. The molecule has 0 bridgehead atoms. The summed E-state index contributed by atoms with van der Waals surface area (Å²) in [7, 11) is 0. The zero-order valence-corrected chi connectivity index (χ0v) is 17.6. The van der Waals surface area contributed by atoms with E-state index in [1.807, 2.05) is 38.1 Å². The van der Waals surface area contributed by atoms with E-state index in [4.69, 9.17) is 9.26 Å². The maximum absolute atomic E-state index is 5.63. The highest BCUT2D eigenvalue weighted by atomic mass is 32.2. The minimum atomic E-state index is -0.139. The first-order valence-electron chi connectivity index (χ1n) is 8.70. The highest BCUT2D eigenvalue weighted by Gasteiger charge is 2.24. The summed E-state index contributed by atoms with van der Waals surface area (Å²) in [5.74, 6) is 2.09. The van der Waals surface area contributed by atoms with Gasteiger partial charge in [-0.15, -0.1) is 10.2 Å². The average molecular weight is 406 g/mol. The van der Waals surface area contributed by atoms with Crippen LogP contribution in [0.1, 0.15) is 51.6 Å². The lowest BCUT2D eigenvalue weighted by Crippen LogP contribution is -2.13. The Kier molecular flexibility index (Phi) is 6.01. The van der Waals surface area contributed by atoms with Crippen molar-refractivity contribution < 1.29 is 9.26 Å². The van der Waals surface area contributed by atoms with Crippen LogP contribution in [0.4, 0.5) is 10.8 Å². The zero-order chi connectivity index (χ0) is 19.4. The number of ether oxygens (including phenoxy) is 1. The number of benzene rings is 1. The molecule has 2 aromatic heterocycles. The first-order chi connectivity index (χ1) is 12.9. The van der Waals surface area contributed by atoms with Crippen molar-refractivity contribution in [2.24, 2.45) is 0 Å². The van der Waals surface area contributed by atoms with Gasteiger partial charge >= 0.3 is 0 Å². The van der Waals surface area contributed by atoms with Crippen molar-refractivity contribution in [2.45, 2.75) is 49.6 Å². The summed E-state index contributed by atoms with van der Waals surface area (Å²) in [6.45, 7) is 10.8. The number of rotatable bonds is 7. The standard InChI is InChI=1S/C18H23N5O2S2/c1-6-24-13-10-8-7-9-12(13)19-16-21-22-17(27-16)26-11(2)14-20-15(23-25-14)18(3,4)5/h7-11H,6H2,1-5H3,(H,19,21). The number of hydrogen-bond acceptors (Lipinski definition) is 9. The fourth-order valence-corrected chi connectivity index (χ4v) is 4.12. The van der Waals surface area contributed by atoms with Gasteiger partial charge in [0.1, 0.15) is 5.75 Å². The van der Waals surface area contributed by atoms with Crippen LogP contribution in [0, 0.1) is 0 Å². The second-order valence-corrected chi connectivity index (χ2v) is 9.46. The Morgan fingerprint density at radius 3 is 2.74 bits per heavy atom. The molecule has 0 fully saturated rings. The molecule has 0 aliphatic rings. The van der Waals surface area contributed by atoms with Crippen LogP contribution < -0.4 is 10.1 Å². The molecule has 27 heavy (non-hydrogen) atoms. The maximum Gasteiger partial charge on any atom is 0.239 e. The molecule has 1 atom stereocenters. The van der Waals surface area contributed by atoms with Crippen molar-refractivity contribution in [3.05, 3.63) is 36.0 Å². The smallest absolute Gasteiger partial charge is 0.239 e. The maximum atomic E-state index is 5.63. The van der Waals surface area contributed by atoms with Crippen LogP contribution in [0.2, 0.25) is 0 Å². The predicted octanol–water partition coefficient (Wildman–Crippen LogP) is 5.21. The lowest BCUT2D eigenvalue weighted by atomic mass is 9.96. The highest BCUT2D eigenvalue weighted by molar-refractivity contribution is 8.01. The number of para-hydroxylation sites is 2. The van der Waals surface area contributed by atoms with Crippen molar-refractivity contribution in [3.8, 4) is 5.75 Å². The van der Waals surface area contributed by atoms with Crippen LogP contribution in [0.25, 0.3) is 0 Å². The average Bonchev–Trinajstić information content (AvgIpc) is 3.26. The van der Waals surface area contributed by atoms with Gasteiger partial charge in [-0.2, -0.15) is 4.98 Å². The van der Waals surface area contributed by atoms with E-state index in [2.05, 4.69) is 46.4 Å². The van der Waals surface area contributed by atoms with E-state index in [0.29, 0.717) is 23.5 Å². The third kappa shape index (κ3) is 4.98. The molecule has 0 aliphatic heterocycles. The zero-order valence-electron chi connectivity index (χ0n) is 16.0. The highest BCUT2D eigenvalue weighted by Crippen LogP contribution is 2.38. The van der Waals surface area contributed by atoms with Crippen molar-refractivity contribution in [3.63, 3.8) is 0 Å². The Morgan fingerprint density at radius 1 is 1.26 bits per heavy atom. The Hall–Kier alpha value is -2.13. The van der Waals surface area contributed by atoms with Gasteiger partial charge in [0.2, 0.25) is 11.0 Å². The molecule has 144 valence electrons. The second kappa shape index (κ2) is 8.26. The summed E-state index contributed by atoms with van der Waals surface area (Å²) >= 11 is 3.02. The Balaban J connectivity index is 1.67. The lowest BCUT2D eigenvalue weighted by molar-refractivity contribution is 0.342. The number of hydrogen-bond donors (Lipinski definition) is 1. The molecule has 0 amide bonds. The first kappa shape index (κ1) is 19.6. The Bertz CT molecular complexity index is 888. The molecule has 0 spiro atoms. The van der Waals surface area contributed by atoms with Gasteiger partial charge in [0.15, 0.2) is 10.2 Å². The minimum Gasteiger partial charge on any atom is -0.492 e. The lowest BCUT2D eigenvalue weighted by Gasteiger charge is -2.11. The SMILES string of the molecule is CCOc1ccccc1Nc1nnc(SC(C)c2nc(C(C)(C)C)no2)s1. The summed E-state index contributed by atoms with van der Waals surface area (Å²) in [6.07, 6.45) is 0. The summed E-state index contributed by atoms with van der Waals surface area (Å²) < 4.78 is 11.9. The molecule has 1 unspecified atom stereocenters. The third-order valence-corrected chi connectivity index (χ3v) is 5.58. The normalized spacial score (nSPS) is 12.8. The van der Waals surface area contributed by atoms with Crippen molar-refractivity contribution in [2.75, 3.05) is 11.9 Å². The van der Waals surface area contributed by atoms with Gasteiger partial charge in [-0.3, -0.25) is 0 Å². The molecule has 0 saturated carbocycles. The minimum absolute atomic E-state index is 0.00916. The van der Waals surface area contributed by atoms with E-state index < -0.39 is 0 Å². The largest absolute Gasteiger partial charge is 0.492 e. The van der Waals surface area contributed by atoms with Crippen LogP contribution in [-0.2, 0) is 5.41 Å². The molecule has 3 aromatic rings. The predicted molar refractivity (Wildman–Crippen MR) is 108 cm³/mol. The fraction of sp³-hybridized carbons (Fsp3) is 0.444. The monoisotopic (exact) mass is 405 g/mol. The molecule has 1 N–H and O–H groups in total. The fourth-order valence-electron chi connectivity index (χ4n) is 2.18. The summed E-state index contributed by atoms with van der Waals surface area (Å²) in [5.41, 5.74) is 0.728. The summed E-state index contributed by atoms with van der Waals surface area (Å²) in [4.78, 5) is 4.51. The number of thioether (sulfide) groups is 1. The van der Waals surface area contributed by atoms with Gasteiger partial charge in [-0.25, -0.2) is 0 Å². The van der Waals surface area contributed by atoms with E-state index in [-0.39, 0.29) is 10.7 Å². The van der Waals surface area contributed by atoms with Crippen molar-refractivity contribution in [1.29, 1.82) is 0 Å². The van der Waals surface area contributed by atoms with Crippen LogP contribution >= 0.6 is 23.1 Å². The van der Waals surface area contributed by atoms with Crippen LogP contribution in [0.5, 0.6) is 5.75 Å². The van der Waals surface area contributed by atoms with E-state index in [9.17, 15) is 0 Å². The first-order valence-corrected chi connectivity index (χ1v) is 10.4. The second-order valence-electron chi connectivity index (χ2n) is 6.89. The molecule has 0 radical (unpaired) electrons. The number of aromatic nitrogens is 4. The van der Waals surface area contributed by atoms with Gasteiger partial charge in [-0.05, 0) is 26.0 Å². The van der Waals surface area contributed by atoms with Crippen molar-refractivity contribution >= 4 is 33.9 Å². The number of nitrogens with zero attached hydrogens (tertiary/aromatic N) is 4. The van der Waals surface area contributed by atoms with Crippen LogP contribution in [-0.4, -0.2) is 26.9 Å². The summed E-state index contributed by atoms with van der Waals surface area (Å²) in [5, 5.41) is 16.5. The number of anilines is 2. The molecule has 7 nitrogen and oxygen atoms in total.